The van der Waals surface area contributed by atoms with Crippen molar-refractivity contribution in [3.8, 4) is 0 Å². The molecule has 0 radical (unpaired) electrons. The van der Waals surface area contributed by atoms with Gasteiger partial charge in [-0.3, -0.25) is 9.69 Å². The molecular weight excluding hydrogens is 342 g/mol. The van der Waals surface area contributed by atoms with E-state index in [0.717, 1.165) is 56.4 Å². The van der Waals surface area contributed by atoms with Crippen LogP contribution in [0.1, 0.15) is 74.1 Å². The van der Waals surface area contributed by atoms with E-state index < -0.39 is 0 Å². The highest BCUT2D eigenvalue weighted by atomic mass is 32.1. The van der Waals surface area contributed by atoms with Gasteiger partial charge in [-0.05, 0) is 57.9 Å². The first-order chi connectivity index (χ1) is 12.6. The molecule has 26 heavy (non-hydrogen) atoms. The molecule has 1 saturated carbocycles. The minimum atomic E-state index is 0.160. The van der Waals surface area contributed by atoms with Gasteiger partial charge in [-0.2, -0.15) is 0 Å². The zero-order valence-corrected chi connectivity index (χ0v) is 17.0. The highest BCUT2D eigenvalue weighted by Gasteiger charge is 2.46. The van der Waals surface area contributed by atoms with Gasteiger partial charge in [0, 0.05) is 42.7 Å². The van der Waals surface area contributed by atoms with Crippen LogP contribution in [0.4, 0.5) is 0 Å². The zero-order valence-electron chi connectivity index (χ0n) is 16.2. The Labute approximate surface area is 162 Å². The molecule has 0 aromatic carbocycles. The first-order valence-electron chi connectivity index (χ1n) is 10.6. The Kier molecular flexibility index (Phi) is 5.65. The lowest BCUT2D eigenvalue weighted by atomic mass is 9.84. The van der Waals surface area contributed by atoms with Crippen LogP contribution in [0, 0.1) is 12.8 Å². The maximum atomic E-state index is 12.7. The quantitative estimate of drug-likeness (QED) is 0.784. The average molecular weight is 376 g/mol. The normalized spacial score (nSPS) is 28.8. The molecule has 0 bridgehead atoms. The highest BCUT2D eigenvalue weighted by Crippen LogP contribution is 2.41. The predicted octanol–water partition coefficient (Wildman–Crippen LogP) is 4.38. The lowest BCUT2D eigenvalue weighted by molar-refractivity contribution is -0.132. The van der Waals surface area contributed by atoms with Crippen molar-refractivity contribution in [2.45, 2.75) is 83.2 Å². The fraction of sp³-hybridized carbons (Fsp3) is 0.810. The van der Waals surface area contributed by atoms with Crippen LogP contribution in [0.25, 0.3) is 0 Å². The second-order valence-corrected chi connectivity index (χ2v) is 10.0. The fourth-order valence-corrected chi connectivity index (χ4v) is 6.25. The smallest absolute Gasteiger partial charge is 0.223 e. The number of hydrogen-bond donors (Lipinski definition) is 0. The molecule has 1 unspecified atom stereocenters. The molecule has 1 spiro atoms. The van der Waals surface area contributed by atoms with Crippen molar-refractivity contribution in [2.24, 2.45) is 5.92 Å². The Balaban J connectivity index is 1.40. The topological polar surface area (TPSA) is 36.4 Å². The summed E-state index contributed by atoms with van der Waals surface area (Å²) in [6.45, 7) is 6.42. The van der Waals surface area contributed by atoms with Gasteiger partial charge in [-0.1, -0.05) is 19.3 Å². The third-order valence-corrected chi connectivity index (χ3v) is 7.80. The number of nitrogens with zero attached hydrogens (tertiary/aromatic N) is 3. The van der Waals surface area contributed by atoms with E-state index >= 15 is 0 Å². The summed E-state index contributed by atoms with van der Waals surface area (Å²) in [6, 6.07) is 0. The molecule has 1 amide bonds. The van der Waals surface area contributed by atoms with Crippen LogP contribution in [0.2, 0.25) is 0 Å². The molecule has 4 rings (SSSR count). The standard InChI is InChI=1S/C21H33N3OS/c1-17-22-14-19(26-17)16-23-12-5-9-21(11-13-23)10-8-20(25)24(21)15-18-6-3-2-4-7-18/h14,18H,2-13,15-16H2,1H3. The number of hydrogen-bond acceptors (Lipinski definition) is 4. The summed E-state index contributed by atoms with van der Waals surface area (Å²) in [4.78, 5) is 23.4. The molecule has 5 heteroatoms. The molecule has 0 N–H and O–H groups in total. The summed E-state index contributed by atoms with van der Waals surface area (Å²) in [5.41, 5.74) is 0.160. The van der Waals surface area contributed by atoms with Gasteiger partial charge in [-0.15, -0.1) is 11.3 Å². The number of amides is 1. The van der Waals surface area contributed by atoms with Gasteiger partial charge in [0.05, 0.1) is 5.01 Å². The molecule has 3 aliphatic rings. The Morgan fingerprint density at radius 2 is 2.00 bits per heavy atom. The Morgan fingerprint density at radius 3 is 2.77 bits per heavy atom. The van der Waals surface area contributed by atoms with Gasteiger partial charge in [0.2, 0.25) is 5.91 Å². The van der Waals surface area contributed by atoms with E-state index in [1.54, 1.807) is 0 Å². The van der Waals surface area contributed by atoms with Gasteiger partial charge < -0.3 is 4.90 Å². The largest absolute Gasteiger partial charge is 0.337 e. The summed E-state index contributed by atoms with van der Waals surface area (Å²) in [6.07, 6.45) is 14.2. The van der Waals surface area contributed by atoms with Crippen molar-refractivity contribution in [3.05, 3.63) is 16.1 Å². The van der Waals surface area contributed by atoms with Gasteiger partial charge in [0.25, 0.3) is 0 Å². The molecule has 144 valence electrons. The fourth-order valence-electron chi connectivity index (χ4n) is 5.41. The Morgan fingerprint density at radius 1 is 1.15 bits per heavy atom. The molecule has 1 aliphatic carbocycles. The first-order valence-corrected chi connectivity index (χ1v) is 11.4. The number of carbonyl (C=O) groups excluding carboxylic acids is 1. The summed E-state index contributed by atoms with van der Waals surface area (Å²) < 4.78 is 0. The predicted molar refractivity (Wildman–Crippen MR) is 106 cm³/mol. The summed E-state index contributed by atoms with van der Waals surface area (Å²) >= 11 is 1.82. The summed E-state index contributed by atoms with van der Waals surface area (Å²) in [5, 5.41) is 1.16. The van der Waals surface area contributed by atoms with Gasteiger partial charge in [0.15, 0.2) is 0 Å². The second-order valence-electron chi connectivity index (χ2n) is 8.71. The van der Waals surface area contributed by atoms with Crippen LogP contribution in [0.5, 0.6) is 0 Å². The van der Waals surface area contributed by atoms with Crippen LogP contribution in [-0.2, 0) is 11.3 Å². The SMILES string of the molecule is Cc1ncc(CN2CCCC3(CCC(=O)N3CC3CCCCC3)CC2)s1. The second kappa shape index (κ2) is 7.97. The van der Waals surface area contributed by atoms with Gasteiger partial charge in [0.1, 0.15) is 0 Å². The Bertz CT molecular complexity index is 625. The van der Waals surface area contributed by atoms with E-state index in [2.05, 4.69) is 21.7 Å². The first kappa shape index (κ1) is 18.4. The van der Waals surface area contributed by atoms with Crippen LogP contribution in [0.15, 0.2) is 6.20 Å². The number of rotatable bonds is 4. The van der Waals surface area contributed by atoms with Crippen LogP contribution in [-0.4, -0.2) is 45.9 Å². The number of likely N-dealkylation sites (tertiary alicyclic amines) is 2. The average Bonchev–Trinajstić information content (AvgIpc) is 3.10. The molecule has 1 aromatic rings. The van der Waals surface area contributed by atoms with Gasteiger partial charge in [-0.25, -0.2) is 4.98 Å². The zero-order chi connectivity index (χ0) is 18.0. The molecule has 1 aromatic heterocycles. The maximum Gasteiger partial charge on any atom is 0.223 e. The van der Waals surface area contributed by atoms with Crippen molar-refractivity contribution in [1.29, 1.82) is 0 Å². The van der Waals surface area contributed by atoms with E-state index in [-0.39, 0.29) is 5.54 Å². The lowest BCUT2D eigenvalue weighted by Gasteiger charge is -2.41. The third-order valence-electron chi connectivity index (χ3n) is 6.90. The van der Waals surface area contributed by atoms with E-state index in [1.807, 2.05) is 17.5 Å². The Hall–Kier alpha value is -0.940. The van der Waals surface area contributed by atoms with Crippen LogP contribution >= 0.6 is 11.3 Å². The van der Waals surface area contributed by atoms with E-state index in [0.29, 0.717) is 5.91 Å². The lowest BCUT2D eigenvalue weighted by Crippen LogP contribution is -2.48. The molecule has 1 atom stereocenters. The molecule has 3 fully saturated rings. The minimum absolute atomic E-state index is 0.160. The highest BCUT2D eigenvalue weighted by molar-refractivity contribution is 7.11. The van der Waals surface area contributed by atoms with Crippen molar-refractivity contribution >= 4 is 17.2 Å². The minimum Gasteiger partial charge on any atom is -0.337 e. The van der Waals surface area contributed by atoms with Crippen molar-refractivity contribution in [3.63, 3.8) is 0 Å². The van der Waals surface area contributed by atoms with Crippen LogP contribution in [0.3, 0.4) is 0 Å². The van der Waals surface area contributed by atoms with E-state index in [1.165, 1.54) is 49.8 Å². The summed E-state index contributed by atoms with van der Waals surface area (Å²) in [5.74, 6) is 1.18. The monoisotopic (exact) mass is 375 g/mol. The van der Waals surface area contributed by atoms with Crippen molar-refractivity contribution in [2.75, 3.05) is 19.6 Å². The van der Waals surface area contributed by atoms with Crippen molar-refractivity contribution in [1.82, 2.24) is 14.8 Å². The number of carbonyl (C=O) groups is 1. The van der Waals surface area contributed by atoms with E-state index in [4.69, 9.17) is 0 Å². The van der Waals surface area contributed by atoms with Crippen LogP contribution < -0.4 is 0 Å². The summed E-state index contributed by atoms with van der Waals surface area (Å²) in [7, 11) is 0. The maximum absolute atomic E-state index is 12.7. The number of aryl methyl sites for hydroxylation is 1. The molecule has 4 nitrogen and oxygen atoms in total. The molecule has 3 heterocycles. The molecule has 2 aliphatic heterocycles. The molecular formula is C21H33N3OS. The molecule has 2 saturated heterocycles. The number of thiazole rings is 1. The van der Waals surface area contributed by atoms with Gasteiger partial charge >= 0.3 is 0 Å². The third kappa shape index (κ3) is 3.99. The number of aromatic nitrogens is 1. The van der Waals surface area contributed by atoms with E-state index in [9.17, 15) is 4.79 Å². The van der Waals surface area contributed by atoms with Crippen molar-refractivity contribution < 1.29 is 4.79 Å².